The number of alkyl halides is 1. The number of rotatable bonds is 8. The molecule has 0 spiro atoms. The van der Waals surface area contributed by atoms with Crippen molar-refractivity contribution in [1.82, 2.24) is 10.2 Å². The summed E-state index contributed by atoms with van der Waals surface area (Å²) in [6.45, 7) is 0.455. The van der Waals surface area contributed by atoms with Gasteiger partial charge in [0, 0.05) is 17.5 Å². The smallest absolute Gasteiger partial charge is 0.248 e. The van der Waals surface area contributed by atoms with Crippen molar-refractivity contribution in [1.29, 1.82) is 0 Å². The molecular formula is C22H27ClN2O2S. The highest BCUT2D eigenvalue weighted by Crippen LogP contribution is 2.28. The van der Waals surface area contributed by atoms with Gasteiger partial charge in [-0.3, -0.25) is 9.59 Å². The molecule has 2 amide bonds. The van der Waals surface area contributed by atoms with Gasteiger partial charge in [0.25, 0.3) is 0 Å². The molecule has 1 aromatic carbocycles. The third-order valence-electron chi connectivity index (χ3n) is 5.24. The van der Waals surface area contributed by atoms with Gasteiger partial charge in [-0.1, -0.05) is 55.7 Å². The average molecular weight is 419 g/mol. The van der Waals surface area contributed by atoms with Crippen LogP contribution >= 0.6 is 22.9 Å². The standard InChI is InChI=1S/C22H27ClN2O2S/c23-16-20(26)25(14-13-17-8-3-1-4-9-17)21(19-12-7-15-28-19)22(27)24-18-10-5-2-6-11-18/h1,3-4,7-9,12,15,18,21H,2,5-6,10-11,13-14,16H2,(H,24,27). The topological polar surface area (TPSA) is 49.4 Å². The van der Waals surface area contributed by atoms with Crippen LogP contribution in [0, 0.1) is 0 Å². The molecule has 3 rings (SSSR count). The summed E-state index contributed by atoms with van der Waals surface area (Å²) in [5.41, 5.74) is 1.13. The lowest BCUT2D eigenvalue weighted by molar-refractivity contribution is -0.139. The molecule has 1 fully saturated rings. The van der Waals surface area contributed by atoms with Crippen LogP contribution in [0.25, 0.3) is 0 Å². The highest BCUT2D eigenvalue weighted by Gasteiger charge is 2.33. The van der Waals surface area contributed by atoms with Gasteiger partial charge in [-0.15, -0.1) is 22.9 Å². The molecule has 0 bridgehead atoms. The summed E-state index contributed by atoms with van der Waals surface area (Å²) in [5, 5.41) is 5.14. The van der Waals surface area contributed by atoms with Crippen LogP contribution in [-0.2, 0) is 16.0 Å². The lowest BCUT2D eigenvalue weighted by Crippen LogP contribution is -2.47. The van der Waals surface area contributed by atoms with E-state index in [1.807, 2.05) is 47.8 Å². The van der Waals surface area contributed by atoms with Crippen LogP contribution in [0.2, 0.25) is 0 Å². The molecule has 1 saturated carbocycles. The quantitative estimate of drug-likeness (QED) is 0.639. The molecule has 150 valence electrons. The molecule has 1 aliphatic carbocycles. The maximum Gasteiger partial charge on any atom is 0.248 e. The van der Waals surface area contributed by atoms with Crippen LogP contribution in [0.5, 0.6) is 0 Å². The SMILES string of the molecule is O=C(NC1CCCCC1)C(c1cccs1)N(CCc1ccccc1)C(=O)CCl. The summed E-state index contributed by atoms with van der Waals surface area (Å²) in [6, 6.07) is 13.4. The van der Waals surface area contributed by atoms with Crippen LogP contribution in [0.15, 0.2) is 47.8 Å². The van der Waals surface area contributed by atoms with E-state index in [4.69, 9.17) is 11.6 Å². The lowest BCUT2D eigenvalue weighted by Gasteiger charge is -2.32. The van der Waals surface area contributed by atoms with E-state index in [1.165, 1.54) is 17.8 Å². The first-order valence-corrected chi connectivity index (χ1v) is 11.3. The summed E-state index contributed by atoms with van der Waals surface area (Å²) >= 11 is 7.41. The molecule has 1 aliphatic rings. The van der Waals surface area contributed by atoms with E-state index in [0.29, 0.717) is 13.0 Å². The molecule has 1 aromatic heterocycles. The van der Waals surface area contributed by atoms with E-state index in [2.05, 4.69) is 5.32 Å². The molecule has 1 atom stereocenters. The first-order chi connectivity index (χ1) is 13.7. The van der Waals surface area contributed by atoms with Crippen molar-refractivity contribution in [2.24, 2.45) is 0 Å². The molecular weight excluding hydrogens is 392 g/mol. The number of nitrogens with zero attached hydrogens (tertiary/aromatic N) is 1. The highest BCUT2D eigenvalue weighted by atomic mass is 35.5. The number of nitrogens with one attached hydrogen (secondary N) is 1. The van der Waals surface area contributed by atoms with Crippen molar-refractivity contribution in [3.05, 3.63) is 58.3 Å². The zero-order valence-electron chi connectivity index (χ0n) is 16.0. The number of carbonyl (C=O) groups is 2. The Balaban J connectivity index is 1.79. The van der Waals surface area contributed by atoms with Gasteiger partial charge in [0.1, 0.15) is 11.9 Å². The summed E-state index contributed by atoms with van der Waals surface area (Å²) < 4.78 is 0. The molecule has 1 N–H and O–H groups in total. The number of carbonyl (C=O) groups excluding carboxylic acids is 2. The number of amides is 2. The van der Waals surface area contributed by atoms with Gasteiger partial charge in [-0.05, 0) is 36.3 Å². The molecule has 2 aromatic rings. The molecule has 0 saturated heterocycles. The van der Waals surface area contributed by atoms with Crippen LogP contribution < -0.4 is 5.32 Å². The van der Waals surface area contributed by atoms with Crippen molar-refractivity contribution in [3.63, 3.8) is 0 Å². The Hall–Kier alpha value is -1.85. The minimum absolute atomic E-state index is 0.0964. The van der Waals surface area contributed by atoms with E-state index < -0.39 is 6.04 Å². The zero-order valence-corrected chi connectivity index (χ0v) is 17.6. The number of thiophene rings is 1. The van der Waals surface area contributed by atoms with E-state index in [1.54, 1.807) is 4.90 Å². The van der Waals surface area contributed by atoms with Crippen LogP contribution in [-0.4, -0.2) is 35.2 Å². The van der Waals surface area contributed by atoms with Crippen LogP contribution in [0.3, 0.4) is 0 Å². The first-order valence-electron chi connectivity index (χ1n) is 9.92. The Morgan fingerprint density at radius 2 is 1.86 bits per heavy atom. The fourth-order valence-electron chi connectivity index (χ4n) is 3.77. The third-order valence-corrected chi connectivity index (χ3v) is 6.40. The van der Waals surface area contributed by atoms with Gasteiger partial charge < -0.3 is 10.2 Å². The Kier molecular flexibility index (Phi) is 7.92. The second-order valence-electron chi connectivity index (χ2n) is 7.22. The molecule has 1 unspecified atom stereocenters. The molecule has 28 heavy (non-hydrogen) atoms. The largest absolute Gasteiger partial charge is 0.351 e. The van der Waals surface area contributed by atoms with Crippen molar-refractivity contribution in [2.45, 2.75) is 50.6 Å². The monoisotopic (exact) mass is 418 g/mol. The maximum atomic E-state index is 13.2. The van der Waals surface area contributed by atoms with Gasteiger partial charge in [0.15, 0.2) is 0 Å². The van der Waals surface area contributed by atoms with Gasteiger partial charge in [-0.2, -0.15) is 0 Å². The first kappa shape index (κ1) is 20.9. The predicted octanol–water partition coefficient (Wildman–Crippen LogP) is 4.55. The summed E-state index contributed by atoms with van der Waals surface area (Å²) in [7, 11) is 0. The third kappa shape index (κ3) is 5.58. The van der Waals surface area contributed by atoms with Gasteiger partial charge in [-0.25, -0.2) is 0 Å². The van der Waals surface area contributed by atoms with Crippen molar-refractivity contribution < 1.29 is 9.59 Å². The normalized spacial score (nSPS) is 15.8. The number of hydrogen-bond donors (Lipinski definition) is 1. The second-order valence-corrected chi connectivity index (χ2v) is 8.46. The van der Waals surface area contributed by atoms with Crippen molar-refractivity contribution >= 4 is 34.8 Å². The summed E-state index contributed by atoms with van der Waals surface area (Å²) in [6.07, 6.45) is 6.23. The van der Waals surface area contributed by atoms with Gasteiger partial charge in [0.05, 0.1) is 0 Å². The molecule has 4 nitrogen and oxygen atoms in total. The number of halogens is 1. The predicted molar refractivity (Wildman–Crippen MR) is 115 cm³/mol. The van der Waals surface area contributed by atoms with E-state index in [9.17, 15) is 9.59 Å². The molecule has 6 heteroatoms. The van der Waals surface area contributed by atoms with Crippen LogP contribution in [0.1, 0.15) is 48.6 Å². The summed E-state index contributed by atoms with van der Waals surface area (Å²) in [5.74, 6) is -0.441. The fourth-order valence-corrected chi connectivity index (χ4v) is 4.76. The second kappa shape index (κ2) is 10.6. The van der Waals surface area contributed by atoms with Crippen LogP contribution in [0.4, 0.5) is 0 Å². The van der Waals surface area contributed by atoms with Crippen molar-refractivity contribution in [3.8, 4) is 0 Å². The van der Waals surface area contributed by atoms with Crippen molar-refractivity contribution in [2.75, 3.05) is 12.4 Å². The number of benzene rings is 1. The minimum atomic E-state index is -0.628. The maximum absolute atomic E-state index is 13.2. The van der Waals surface area contributed by atoms with Gasteiger partial charge in [0.2, 0.25) is 11.8 Å². The minimum Gasteiger partial charge on any atom is -0.351 e. The molecule has 0 aliphatic heterocycles. The van der Waals surface area contributed by atoms with E-state index in [-0.39, 0.29) is 23.7 Å². The summed E-state index contributed by atoms with van der Waals surface area (Å²) in [4.78, 5) is 28.4. The Bertz CT molecular complexity index is 745. The average Bonchev–Trinajstić information content (AvgIpc) is 3.26. The molecule has 1 heterocycles. The lowest BCUT2D eigenvalue weighted by atomic mass is 9.95. The number of hydrogen-bond acceptors (Lipinski definition) is 3. The Morgan fingerprint density at radius 1 is 1.11 bits per heavy atom. The van der Waals surface area contributed by atoms with E-state index in [0.717, 1.165) is 36.1 Å². The Morgan fingerprint density at radius 3 is 2.50 bits per heavy atom. The fraction of sp³-hybridized carbons (Fsp3) is 0.455. The Labute approximate surface area is 175 Å². The molecule has 0 radical (unpaired) electrons. The van der Waals surface area contributed by atoms with E-state index >= 15 is 0 Å². The van der Waals surface area contributed by atoms with Gasteiger partial charge >= 0.3 is 0 Å². The highest BCUT2D eigenvalue weighted by molar-refractivity contribution is 7.10. The zero-order chi connectivity index (χ0) is 19.8.